The molecule has 3 N–H and O–H groups in total. The van der Waals surface area contributed by atoms with Gasteiger partial charge in [0.1, 0.15) is 24.0 Å². The fourth-order valence-electron chi connectivity index (χ4n) is 9.59. The van der Waals surface area contributed by atoms with E-state index in [0.29, 0.717) is 51.6 Å². The molecule has 3 heterocycles. The molecular weight excluding hydrogens is 847 g/mol. The van der Waals surface area contributed by atoms with Crippen molar-refractivity contribution in [3.8, 4) is 11.5 Å². The number of cyclic esters (lactones) is 1. The fraction of sp³-hybridized carbons (Fsp3) is 0.673. The summed E-state index contributed by atoms with van der Waals surface area (Å²) in [5.74, 6) is -8.38. The summed E-state index contributed by atoms with van der Waals surface area (Å²) in [6, 6.07) is 3.72. The highest BCUT2D eigenvalue weighted by Gasteiger charge is 2.53. The Morgan fingerprint density at radius 1 is 0.924 bits per heavy atom. The van der Waals surface area contributed by atoms with Crippen molar-refractivity contribution in [1.29, 1.82) is 0 Å². The number of piperidine rings is 1. The van der Waals surface area contributed by atoms with Crippen LogP contribution in [0.15, 0.2) is 54.2 Å². The molecule has 0 radical (unpaired) electrons. The summed E-state index contributed by atoms with van der Waals surface area (Å²) in [5, 5.41) is 33.7. The molecule has 1 aromatic rings. The van der Waals surface area contributed by atoms with Crippen LogP contribution in [0.25, 0.3) is 0 Å². The van der Waals surface area contributed by atoms with E-state index in [-0.39, 0.29) is 54.8 Å². The number of amides is 1. The number of ether oxygens (including phenoxy) is 5. The molecule has 0 spiro atoms. The highest BCUT2D eigenvalue weighted by molar-refractivity contribution is 6.39. The first-order valence-electron chi connectivity index (χ1n) is 24.0. The third-order valence-electron chi connectivity index (χ3n) is 13.9. The maximum Gasteiger partial charge on any atom is 0.329 e. The minimum absolute atomic E-state index is 0.0241. The number of carbonyl (C=O) groups is 5. The number of hydrogen-bond acceptors (Lipinski definition) is 13. The van der Waals surface area contributed by atoms with Gasteiger partial charge in [-0.2, -0.15) is 0 Å². The molecule has 66 heavy (non-hydrogen) atoms. The molecule has 2 fully saturated rings. The van der Waals surface area contributed by atoms with Crippen molar-refractivity contribution in [2.75, 3.05) is 27.4 Å². The number of hydrogen-bond donors (Lipinski definition) is 3. The van der Waals surface area contributed by atoms with Gasteiger partial charge in [0.25, 0.3) is 11.7 Å². The highest BCUT2D eigenvalue weighted by atomic mass is 16.6. The molecule has 3 aliphatic rings. The van der Waals surface area contributed by atoms with Gasteiger partial charge in [-0.25, -0.2) is 4.79 Å². The Bertz CT molecular complexity index is 1910. The Morgan fingerprint density at radius 2 is 1.65 bits per heavy atom. The number of phenolic OH excluding ortho intramolecular Hbond substituents is 1. The molecule has 13 atom stereocenters. The first-order valence-corrected chi connectivity index (χ1v) is 24.0. The molecule has 2 saturated heterocycles. The number of allylic oxidation sites excluding steroid dienone is 5. The summed E-state index contributed by atoms with van der Waals surface area (Å²) in [7, 11) is 2.83. The molecule has 1 amide bonds. The van der Waals surface area contributed by atoms with E-state index in [4.69, 9.17) is 23.7 Å². The Morgan fingerprint density at radius 3 is 2.33 bits per heavy atom. The van der Waals surface area contributed by atoms with Gasteiger partial charge in [0.2, 0.25) is 5.79 Å². The van der Waals surface area contributed by atoms with Gasteiger partial charge in [0.15, 0.2) is 17.3 Å². The van der Waals surface area contributed by atoms with Crippen LogP contribution in [-0.4, -0.2) is 119 Å². The second kappa shape index (κ2) is 25.2. The maximum absolute atomic E-state index is 14.4. The van der Waals surface area contributed by atoms with E-state index < -0.39 is 89.6 Å². The predicted octanol–water partition coefficient (Wildman–Crippen LogP) is 7.04. The van der Waals surface area contributed by atoms with Crippen molar-refractivity contribution in [2.45, 2.75) is 162 Å². The van der Waals surface area contributed by atoms with E-state index in [1.165, 1.54) is 25.2 Å². The maximum atomic E-state index is 14.4. The van der Waals surface area contributed by atoms with Crippen molar-refractivity contribution in [3.63, 3.8) is 0 Å². The number of rotatable bonds is 7. The zero-order valence-corrected chi connectivity index (χ0v) is 40.9. The summed E-state index contributed by atoms with van der Waals surface area (Å²) in [6.07, 6.45) is 8.72. The van der Waals surface area contributed by atoms with Gasteiger partial charge in [-0.05, 0) is 106 Å². The van der Waals surface area contributed by atoms with E-state index >= 15 is 0 Å². The van der Waals surface area contributed by atoms with Crippen molar-refractivity contribution in [1.82, 2.24) is 4.90 Å². The lowest BCUT2D eigenvalue weighted by Crippen LogP contribution is -2.61. The molecule has 14 heteroatoms. The van der Waals surface area contributed by atoms with E-state index in [1.54, 1.807) is 32.9 Å². The number of methoxy groups -OCH3 is 2. The second-order valence-electron chi connectivity index (χ2n) is 19.2. The zero-order valence-electron chi connectivity index (χ0n) is 40.9. The summed E-state index contributed by atoms with van der Waals surface area (Å²) in [4.78, 5) is 71.9. The lowest BCUT2D eigenvalue weighted by molar-refractivity contribution is -0.266. The lowest BCUT2D eigenvalue weighted by atomic mass is 9.82. The van der Waals surface area contributed by atoms with E-state index in [0.717, 1.165) is 11.1 Å². The van der Waals surface area contributed by atoms with Crippen LogP contribution >= 0.6 is 0 Å². The fourth-order valence-corrected chi connectivity index (χ4v) is 9.59. The van der Waals surface area contributed by atoms with Gasteiger partial charge < -0.3 is 43.9 Å². The normalized spacial score (nSPS) is 35.5. The Labute approximate surface area is 392 Å². The molecule has 368 valence electrons. The van der Waals surface area contributed by atoms with Crippen LogP contribution in [0.3, 0.4) is 0 Å². The molecule has 1 unspecified atom stereocenters. The molecular formula is C52H77NO13. The largest absolute Gasteiger partial charge is 0.504 e. The smallest absolute Gasteiger partial charge is 0.329 e. The van der Waals surface area contributed by atoms with Gasteiger partial charge in [0, 0.05) is 50.9 Å². The number of esters is 1. The molecule has 0 saturated carbocycles. The number of benzene rings is 1. The Kier molecular flexibility index (Phi) is 20.8. The SMILES string of the molecule is CCO[C@H]1C[C@@H]2CC[C@@H](C)[C@@](O)(O2)C(=O)C(=O)N2CCCC[C@H]2C(=O)O[C@H]([C@H](C)Cc2ccc(O)c(OC)c2)CC(=O)[C@H](C)CC(C)[C@@H](O)[C@@H](OC)C(=O)[C@H](C)C[C@H](C)\C=C/C=C/C=C/1C. The molecule has 3 aliphatic heterocycles. The van der Waals surface area contributed by atoms with Crippen LogP contribution in [0.5, 0.6) is 11.5 Å². The number of ketones is 3. The van der Waals surface area contributed by atoms with E-state index in [9.17, 15) is 39.3 Å². The van der Waals surface area contributed by atoms with E-state index in [2.05, 4.69) is 0 Å². The molecule has 14 nitrogen and oxygen atoms in total. The topological polar surface area (TPSA) is 195 Å². The Balaban J connectivity index is 1.71. The first-order chi connectivity index (χ1) is 31.2. The number of aromatic hydroxyl groups is 1. The third kappa shape index (κ3) is 14.2. The number of phenols is 1. The number of carbonyl (C=O) groups excluding carboxylic acids is 5. The van der Waals surface area contributed by atoms with Crippen molar-refractivity contribution in [2.24, 2.45) is 35.5 Å². The molecule has 2 bridgehead atoms. The van der Waals surface area contributed by atoms with Gasteiger partial charge in [0.05, 0.1) is 25.4 Å². The monoisotopic (exact) mass is 924 g/mol. The predicted molar refractivity (Wildman–Crippen MR) is 249 cm³/mol. The van der Waals surface area contributed by atoms with Gasteiger partial charge in [-0.1, -0.05) is 78.0 Å². The van der Waals surface area contributed by atoms with Gasteiger partial charge in [-0.15, -0.1) is 0 Å². The number of fused-ring (bicyclic) bond motifs is 3. The van der Waals surface area contributed by atoms with Crippen LogP contribution in [0.4, 0.5) is 0 Å². The van der Waals surface area contributed by atoms with Crippen molar-refractivity contribution < 1.29 is 63.0 Å². The van der Waals surface area contributed by atoms with Crippen LogP contribution in [0.1, 0.15) is 119 Å². The number of nitrogens with zero attached hydrogens (tertiary/aromatic N) is 1. The van der Waals surface area contributed by atoms with E-state index in [1.807, 2.05) is 65.0 Å². The van der Waals surface area contributed by atoms with Crippen LogP contribution in [-0.2, 0) is 49.3 Å². The van der Waals surface area contributed by atoms with Crippen LogP contribution < -0.4 is 4.74 Å². The van der Waals surface area contributed by atoms with Gasteiger partial charge in [-0.3, -0.25) is 19.2 Å². The highest BCUT2D eigenvalue weighted by Crippen LogP contribution is 2.37. The van der Waals surface area contributed by atoms with Crippen LogP contribution in [0, 0.1) is 35.5 Å². The standard InChI is InChI=1S/C52H77NO13/c1-11-64-43-29-39-22-20-37(8)52(61,66-39)49(58)50(59)53-24-16-15-19-40(53)51(60)65-44(34(5)27-38-21-23-41(54)45(28-38)62-9)30-42(55)33(4)26-36(7)47(57)48(63-10)46(56)35(6)25-31(2)17-13-12-14-18-32(43)3/h12-14,17-18,21,23,28,31,33-37,39-40,43-44,47-48,54,57,61H,11,15-16,19-20,22,24-27,29-30H2,1-10H3/b14-12+,17-13-,32-18+/t31-,33-,34-,35-,36?,37-,39+,40+,43+,44+,47-,48+,52-/m1/s1. The summed E-state index contributed by atoms with van der Waals surface area (Å²) >= 11 is 0. The molecule has 0 aliphatic carbocycles. The second-order valence-corrected chi connectivity index (χ2v) is 19.2. The number of aliphatic hydroxyl groups excluding tert-OH is 1. The zero-order chi connectivity index (χ0) is 48.9. The third-order valence-corrected chi connectivity index (χ3v) is 13.9. The number of Topliss-reactive ketones (excluding diaryl/α,β-unsaturated/α-hetero) is 3. The first kappa shape index (κ1) is 54.4. The van der Waals surface area contributed by atoms with Gasteiger partial charge >= 0.3 is 5.97 Å². The quantitative estimate of drug-likeness (QED) is 0.186. The summed E-state index contributed by atoms with van der Waals surface area (Å²) < 4.78 is 29.5. The summed E-state index contributed by atoms with van der Waals surface area (Å²) in [5.41, 5.74) is 1.65. The molecule has 0 aromatic heterocycles. The Hall–Kier alpha value is -4.21. The molecule has 1 aromatic carbocycles. The average molecular weight is 924 g/mol. The minimum atomic E-state index is -2.44. The lowest BCUT2D eigenvalue weighted by Gasteiger charge is -2.42. The molecule has 4 rings (SSSR count). The number of aliphatic hydroxyl groups is 2. The average Bonchev–Trinajstić information content (AvgIpc) is 3.29. The van der Waals surface area contributed by atoms with Crippen molar-refractivity contribution in [3.05, 3.63) is 59.7 Å². The summed E-state index contributed by atoms with van der Waals surface area (Å²) in [6.45, 7) is 15.1. The minimum Gasteiger partial charge on any atom is -0.504 e. The van der Waals surface area contributed by atoms with Crippen molar-refractivity contribution >= 4 is 29.2 Å². The van der Waals surface area contributed by atoms with Crippen LogP contribution in [0.2, 0.25) is 0 Å².